The Morgan fingerprint density at radius 2 is 2.05 bits per heavy atom. The van der Waals surface area contributed by atoms with Crippen molar-refractivity contribution in [3.05, 3.63) is 46.7 Å². The summed E-state index contributed by atoms with van der Waals surface area (Å²) in [5.74, 6) is -2.11. The first kappa shape index (κ1) is 16.8. The Kier molecular flexibility index (Phi) is 6.04. The van der Waals surface area contributed by atoms with E-state index < -0.39 is 23.5 Å². The van der Waals surface area contributed by atoms with E-state index in [1.54, 1.807) is 0 Å². The van der Waals surface area contributed by atoms with Gasteiger partial charge in [0.25, 0.3) is 11.8 Å². The van der Waals surface area contributed by atoms with Crippen LogP contribution in [0.5, 0.6) is 0 Å². The van der Waals surface area contributed by atoms with E-state index in [2.05, 4.69) is 33.4 Å². The molecule has 0 aliphatic rings. The minimum Gasteiger partial charge on any atom is -0.333 e. The summed E-state index contributed by atoms with van der Waals surface area (Å²) in [5, 5.41) is 0. The van der Waals surface area contributed by atoms with Crippen LogP contribution in [-0.2, 0) is 9.59 Å². The fourth-order valence-electron chi connectivity index (χ4n) is 1.36. The molecular formula is C13H13BrFN3O3. The Morgan fingerprint density at radius 1 is 1.38 bits per heavy atom. The van der Waals surface area contributed by atoms with Gasteiger partial charge in [0.1, 0.15) is 12.4 Å². The van der Waals surface area contributed by atoms with E-state index in [-0.39, 0.29) is 16.6 Å². The quantitative estimate of drug-likeness (QED) is 0.623. The van der Waals surface area contributed by atoms with Crippen molar-refractivity contribution in [2.75, 3.05) is 13.6 Å². The van der Waals surface area contributed by atoms with Crippen LogP contribution in [0.25, 0.3) is 0 Å². The molecule has 3 amide bonds. The van der Waals surface area contributed by atoms with Crippen LogP contribution in [-0.4, -0.2) is 36.2 Å². The first-order chi connectivity index (χ1) is 9.85. The van der Waals surface area contributed by atoms with Crippen LogP contribution in [0.4, 0.5) is 4.39 Å². The Hall–Kier alpha value is -2.22. The van der Waals surface area contributed by atoms with Gasteiger partial charge in [0.05, 0.1) is 5.56 Å². The largest absolute Gasteiger partial charge is 0.333 e. The maximum absolute atomic E-state index is 12.9. The molecule has 6 nitrogen and oxygen atoms in total. The second-order valence-corrected chi connectivity index (χ2v) is 4.88. The van der Waals surface area contributed by atoms with Crippen molar-refractivity contribution in [1.29, 1.82) is 0 Å². The summed E-state index contributed by atoms with van der Waals surface area (Å²) in [6, 6.07) is 3.53. The molecule has 0 heterocycles. The topological polar surface area (TPSA) is 78.5 Å². The first-order valence-corrected chi connectivity index (χ1v) is 6.56. The summed E-state index contributed by atoms with van der Waals surface area (Å²) < 4.78 is 13.2. The number of carbonyl (C=O) groups is 3. The Bertz CT molecular complexity index is 592. The lowest BCUT2D eigenvalue weighted by molar-refractivity contribution is -0.131. The Labute approximate surface area is 129 Å². The van der Waals surface area contributed by atoms with Gasteiger partial charge in [0.2, 0.25) is 5.91 Å². The number of hydrazine groups is 1. The number of rotatable bonds is 4. The van der Waals surface area contributed by atoms with Crippen LogP contribution in [0.2, 0.25) is 0 Å². The fourth-order valence-corrected chi connectivity index (χ4v) is 1.89. The molecule has 1 aromatic carbocycles. The van der Waals surface area contributed by atoms with Crippen LogP contribution >= 0.6 is 15.9 Å². The van der Waals surface area contributed by atoms with Crippen molar-refractivity contribution < 1.29 is 18.8 Å². The SMILES string of the molecule is C=CC(=O)N(C)CC(=O)NNC(=O)c1ccc(F)cc1Br. The summed E-state index contributed by atoms with van der Waals surface area (Å²) in [6.07, 6.45) is 1.07. The van der Waals surface area contributed by atoms with Gasteiger partial charge in [0, 0.05) is 11.5 Å². The second kappa shape index (κ2) is 7.53. The molecule has 0 fully saturated rings. The molecule has 2 N–H and O–H groups in total. The number of hydrogen-bond donors (Lipinski definition) is 2. The molecule has 1 rings (SSSR count). The summed E-state index contributed by atoms with van der Waals surface area (Å²) >= 11 is 3.05. The monoisotopic (exact) mass is 357 g/mol. The van der Waals surface area contributed by atoms with E-state index in [1.165, 1.54) is 13.1 Å². The minimum atomic E-state index is -0.618. The Balaban J connectivity index is 2.55. The molecule has 0 atom stereocenters. The number of amides is 3. The van der Waals surface area contributed by atoms with E-state index in [4.69, 9.17) is 0 Å². The molecule has 0 saturated carbocycles. The standard InChI is InChI=1S/C13H13BrFN3O3/c1-3-12(20)18(2)7-11(19)16-17-13(21)9-5-4-8(15)6-10(9)14/h3-6H,1,7H2,2H3,(H,16,19)(H,17,21). The maximum atomic E-state index is 12.9. The molecule has 0 spiro atoms. The van der Waals surface area contributed by atoms with Crippen molar-refractivity contribution in [2.24, 2.45) is 0 Å². The number of carbonyl (C=O) groups excluding carboxylic acids is 3. The molecule has 21 heavy (non-hydrogen) atoms. The highest BCUT2D eigenvalue weighted by molar-refractivity contribution is 9.10. The lowest BCUT2D eigenvalue weighted by Gasteiger charge is -2.15. The average Bonchev–Trinajstić information content (AvgIpc) is 2.43. The number of nitrogens with zero attached hydrogens (tertiary/aromatic N) is 1. The molecule has 0 aliphatic carbocycles. The molecule has 1 aromatic rings. The van der Waals surface area contributed by atoms with Gasteiger partial charge < -0.3 is 4.90 Å². The van der Waals surface area contributed by atoms with E-state index in [9.17, 15) is 18.8 Å². The van der Waals surface area contributed by atoms with Crippen LogP contribution in [0.1, 0.15) is 10.4 Å². The number of nitrogens with one attached hydrogen (secondary N) is 2. The van der Waals surface area contributed by atoms with Gasteiger partial charge in [-0.2, -0.15) is 0 Å². The smallest absolute Gasteiger partial charge is 0.270 e. The molecule has 0 unspecified atom stereocenters. The molecule has 8 heteroatoms. The second-order valence-electron chi connectivity index (χ2n) is 4.02. The number of likely N-dealkylation sites (N-methyl/N-ethyl adjacent to an activating group) is 1. The van der Waals surface area contributed by atoms with Gasteiger partial charge >= 0.3 is 0 Å². The van der Waals surface area contributed by atoms with Crippen molar-refractivity contribution in [1.82, 2.24) is 15.8 Å². The molecule has 0 bridgehead atoms. The number of halogens is 2. The molecule has 112 valence electrons. The van der Waals surface area contributed by atoms with Gasteiger partial charge in [0.15, 0.2) is 0 Å². The summed E-state index contributed by atoms with van der Waals surface area (Å²) in [6.45, 7) is 3.05. The number of benzene rings is 1. The van der Waals surface area contributed by atoms with Crippen molar-refractivity contribution in [2.45, 2.75) is 0 Å². The van der Waals surface area contributed by atoms with Crippen LogP contribution < -0.4 is 10.9 Å². The minimum absolute atomic E-state index is 0.159. The number of hydrogen-bond acceptors (Lipinski definition) is 3. The highest BCUT2D eigenvalue weighted by Crippen LogP contribution is 2.17. The van der Waals surface area contributed by atoms with Crippen LogP contribution in [0.15, 0.2) is 35.3 Å². The van der Waals surface area contributed by atoms with Gasteiger partial charge in [-0.3, -0.25) is 25.2 Å². The lowest BCUT2D eigenvalue weighted by atomic mass is 10.2. The zero-order chi connectivity index (χ0) is 16.0. The summed E-state index contributed by atoms with van der Waals surface area (Å²) in [4.78, 5) is 35.6. The molecule has 0 radical (unpaired) electrons. The van der Waals surface area contributed by atoms with E-state index in [0.29, 0.717) is 0 Å². The highest BCUT2D eigenvalue weighted by Gasteiger charge is 2.13. The predicted octanol–water partition coefficient (Wildman–Crippen LogP) is 0.994. The third-order valence-corrected chi connectivity index (χ3v) is 3.08. The third-order valence-electron chi connectivity index (χ3n) is 2.42. The van der Waals surface area contributed by atoms with E-state index in [1.807, 2.05) is 0 Å². The average molecular weight is 358 g/mol. The van der Waals surface area contributed by atoms with Crippen molar-refractivity contribution in [3.63, 3.8) is 0 Å². The first-order valence-electron chi connectivity index (χ1n) is 5.77. The van der Waals surface area contributed by atoms with E-state index in [0.717, 1.165) is 23.1 Å². The van der Waals surface area contributed by atoms with Crippen molar-refractivity contribution >= 4 is 33.7 Å². The highest BCUT2D eigenvalue weighted by atomic mass is 79.9. The normalized spacial score (nSPS) is 9.67. The summed E-state index contributed by atoms with van der Waals surface area (Å²) in [7, 11) is 1.42. The zero-order valence-electron chi connectivity index (χ0n) is 11.2. The van der Waals surface area contributed by atoms with E-state index >= 15 is 0 Å². The zero-order valence-corrected chi connectivity index (χ0v) is 12.7. The summed E-state index contributed by atoms with van der Waals surface area (Å²) in [5.41, 5.74) is 4.48. The molecule has 0 aliphatic heterocycles. The fraction of sp³-hybridized carbons (Fsp3) is 0.154. The Morgan fingerprint density at radius 3 is 2.62 bits per heavy atom. The molecule has 0 aromatic heterocycles. The van der Waals surface area contributed by atoms with Gasteiger partial charge in [-0.15, -0.1) is 0 Å². The van der Waals surface area contributed by atoms with Gasteiger partial charge in [-0.05, 0) is 40.2 Å². The molecule has 0 saturated heterocycles. The predicted molar refractivity (Wildman–Crippen MR) is 77.5 cm³/mol. The maximum Gasteiger partial charge on any atom is 0.270 e. The van der Waals surface area contributed by atoms with Gasteiger partial charge in [-0.25, -0.2) is 4.39 Å². The van der Waals surface area contributed by atoms with Crippen molar-refractivity contribution in [3.8, 4) is 0 Å². The van der Waals surface area contributed by atoms with Gasteiger partial charge in [-0.1, -0.05) is 6.58 Å². The van der Waals surface area contributed by atoms with Crippen LogP contribution in [0.3, 0.4) is 0 Å². The molecular weight excluding hydrogens is 345 g/mol. The van der Waals surface area contributed by atoms with Crippen LogP contribution in [0, 0.1) is 5.82 Å². The lowest BCUT2D eigenvalue weighted by Crippen LogP contribution is -2.46. The third kappa shape index (κ3) is 4.99.